The summed E-state index contributed by atoms with van der Waals surface area (Å²) in [6.07, 6.45) is 1.23. The normalized spacial score (nSPS) is 10.6. The number of hydrogen-bond acceptors (Lipinski definition) is 4. The average Bonchev–Trinajstić information content (AvgIpc) is 2.87. The monoisotopic (exact) mass is 439 g/mol. The first kappa shape index (κ1) is 22.1. The lowest BCUT2D eigenvalue weighted by Gasteiger charge is -2.14. The first-order valence-corrected chi connectivity index (χ1v) is 10.8. The van der Waals surface area contributed by atoms with Crippen LogP contribution >= 0.6 is 0 Å². The first-order valence-electron chi connectivity index (χ1n) is 10.8. The lowest BCUT2D eigenvalue weighted by atomic mass is 10.0. The predicted octanol–water partition coefficient (Wildman–Crippen LogP) is 5.82. The van der Waals surface area contributed by atoms with E-state index in [4.69, 9.17) is 14.5 Å². The first-order chi connectivity index (χ1) is 16.1. The summed E-state index contributed by atoms with van der Waals surface area (Å²) in [6.45, 7) is 0.398. The number of methoxy groups -OCH3 is 1. The second-order valence-electron chi connectivity index (χ2n) is 7.62. The zero-order chi connectivity index (χ0) is 23.0. The van der Waals surface area contributed by atoms with Crippen LogP contribution in [0.2, 0.25) is 0 Å². The molecular formula is C28H25NO4. The molecule has 3 aromatic carbocycles. The predicted molar refractivity (Wildman–Crippen MR) is 128 cm³/mol. The Labute approximate surface area is 193 Å². The maximum absolute atomic E-state index is 11.8. The molecule has 0 aliphatic heterocycles. The molecule has 0 radical (unpaired) electrons. The Morgan fingerprint density at radius 2 is 1.55 bits per heavy atom. The van der Waals surface area contributed by atoms with E-state index in [0.29, 0.717) is 42.3 Å². The van der Waals surface area contributed by atoms with E-state index in [-0.39, 0.29) is 5.56 Å². The maximum Gasteiger partial charge on any atom is 0.337 e. The maximum atomic E-state index is 11.8. The quantitative estimate of drug-likeness (QED) is 0.356. The van der Waals surface area contributed by atoms with Crippen molar-refractivity contribution >= 4 is 5.97 Å². The van der Waals surface area contributed by atoms with Gasteiger partial charge in [0, 0.05) is 11.6 Å². The fourth-order valence-corrected chi connectivity index (χ4v) is 3.64. The molecule has 33 heavy (non-hydrogen) atoms. The number of hydrogen-bond donors (Lipinski definition) is 1. The van der Waals surface area contributed by atoms with Crippen molar-refractivity contribution in [1.82, 2.24) is 4.98 Å². The Morgan fingerprint density at radius 3 is 2.21 bits per heavy atom. The van der Waals surface area contributed by atoms with Crippen molar-refractivity contribution in [3.05, 3.63) is 113 Å². The molecule has 0 saturated heterocycles. The summed E-state index contributed by atoms with van der Waals surface area (Å²) in [6, 6.07) is 28.8. The second-order valence-corrected chi connectivity index (χ2v) is 7.62. The van der Waals surface area contributed by atoms with Gasteiger partial charge >= 0.3 is 5.97 Å². The second kappa shape index (κ2) is 10.5. The van der Waals surface area contributed by atoms with E-state index in [1.165, 1.54) is 0 Å². The van der Waals surface area contributed by atoms with Crippen molar-refractivity contribution in [2.24, 2.45) is 0 Å². The molecule has 5 heteroatoms. The van der Waals surface area contributed by atoms with Crippen LogP contribution < -0.4 is 9.47 Å². The number of carbonyl (C=O) groups is 1. The van der Waals surface area contributed by atoms with Crippen molar-refractivity contribution in [3.8, 4) is 22.8 Å². The van der Waals surface area contributed by atoms with Crippen LogP contribution in [0.1, 0.15) is 27.2 Å². The zero-order valence-corrected chi connectivity index (χ0v) is 18.4. The van der Waals surface area contributed by atoms with Crippen molar-refractivity contribution in [3.63, 3.8) is 0 Å². The molecule has 0 amide bonds. The van der Waals surface area contributed by atoms with Crippen LogP contribution in [0.4, 0.5) is 0 Å². The summed E-state index contributed by atoms with van der Waals surface area (Å²) < 4.78 is 11.5. The van der Waals surface area contributed by atoms with Crippen LogP contribution in [0.3, 0.4) is 0 Å². The highest BCUT2D eigenvalue weighted by Crippen LogP contribution is 2.33. The van der Waals surface area contributed by atoms with Gasteiger partial charge in [0.1, 0.15) is 18.1 Å². The van der Waals surface area contributed by atoms with Crippen LogP contribution in [-0.4, -0.2) is 23.2 Å². The summed E-state index contributed by atoms with van der Waals surface area (Å²) in [7, 11) is 1.61. The number of aromatic nitrogens is 1. The highest BCUT2D eigenvalue weighted by Gasteiger charge is 2.16. The summed E-state index contributed by atoms with van der Waals surface area (Å²) in [4.78, 5) is 16.6. The molecule has 0 spiro atoms. The molecule has 0 atom stereocenters. The standard InChI is InChI=1S/C28H25NO4/c1-32-22-13-14-23(27(18-22)33-19-21-10-6-3-7-11-21)25-17-15-24(28(30)31)26(29-25)16-12-20-8-4-2-5-9-20/h2-11,13-15,17-18H,12,16,19H2,1H3,(H,30,31). The molecule has 1 N–H and O–H groups in total. The topological polar surface area (TPSA) is 68.7 Å². The Hall–Kier alpha value is -4.12. The zero-order valence-electron chi connectivity index (χ0n) is 18.4. The molecule has 4 aromatic rings. The Morgan fingerprint density at radius 1 is 0.848 bits per heavy atom. The number of carboxylic acid groups (broad SMARTS) is 1. The number of benzene rings is 3. The molecule has 4 rings (SSSR count). The lowest BCUT2D eigenvalue weighted by molar-refractivity contribution is 0.0695. The van der Waals surface area contributed by atoms with E-state index in [1.807, 2.05) is 78.9 Å². The number of nitrogens with zero attached hydrogens (tertiary/aromatic N) is 1. The van der Waals surface area contributed by atoms with Gasteiger partial charge < -0.3 is 14.6 Å². The number of rotatable bonds is 9. The summed E-state index contributed by atoms with van der Waals surface area (Å²) in [5.41, 5.74) is 4.39. The molecule has 0 bridgehead atoms. The van der Waals surface area contributed by atoms with E-state index in [1.54, 1.807) is 19.2 Å². The summed E-state index contributed by atoms with van der Waals surface area (Å²) >= 11 is 0. The van der Waals surface area contributed by atoms with Gasteiger partial charge in [-0.05, 0) is 48.2 Å². The van der Waals surface area contributed by atoms with Gasteiger partial charge in [0.2, 0.25) is 0 Å². The van der Waals surface area contributed by atoms with E-state index in [2.05, 4.69) is 0 Å². The highest BCUT2D eigenvalue weighted by atomic mass is 16.5. The molecule has 5 nitrogen and oxygen atoms in total. The minimum atomic E-state index is -0.979. The highest BCUT2D eigenvalue weighted by molar-refractivity contribution is 5.89. The average molecular weight is 440 g/mol. The van der Waals surface area contributed by atoms with Crippen molar-refractivity contribution in [1.29, 1.82) is 0 Å². The smallest absolute Gasteiger partial charge is 0.337 e. The van der Waals surface area contributed by atoms with Crippen LogP contribution in [0.5, 0.6) is 11.5 Å². The Balaban J connectivity index is 1.66. The number of pyridine rings is 1. The molecule has 1 aromatic heterocycles. The Kier molecular flexibility index (Phi) is 7.00. The number of ether oxygens (including phenoxy) is 2. The van der Waals surface area contributed by atoms with Gasteiger partial charge in [0.05, 0.1) is 24.1 Å². The number of aryl methyl sites for hydroxylation is 2. The van der Waals surface area contributed by atoms with Crippen LogP contribution in [-0.2, 0) is 19.4 Å². The van der Waals surface area contributed by atoms with E-state index < -0.39 is 5.97 Å². The molecular weight excluding hydrogens is 414 g/mol. The molecule has 0 fully saturated rings. The SMILES string of the molecule is COc1ccc(-c2ccc(C(=O)O)c(CCc3ccccc3)n2)c(OCc2ccccc2)c1. The number of aromatic carboxylic acids is 1. The van der Waals surface area contributed by atoms with E-state index in [0.717, 1.165) is 16.7 Å². The van der Waals surface area contributed by atoms with Gasteiger partial charge in [-0.3, -0.25) is 4.98 Å². The molecule has 0 aliphatic carbocycles. The fraction of sp³-hybridized carbons (Fsp3) is 0.143. The van der Waals surface area contributed by atoms with Gasteiger partial charge in [-0.1, -0.05) is 60.7 Å². The third kappa shape index (κ3) is 5.57. The van der Waals surface area contributed by atoms with Crippen LogP contribution in [0.25, 0.3) is 11.3 Å². The van der Waals surface area contributed by atoms with Gasteiger partial charge in [-0.2, -0.15) is 0 Å². The third-order valence-electron chi connectivity index (χ3n) is 5.40. The third-order valence-corrected chi connectivity index (χ3v) is 5.40. The molecule has 0 saturated carbocycles. The van der Waals surface area contributed by atoms with Crippen molar-refractivity contribution < 1.29 is 19.4 Å². The molecule has 166 valence electrons. The number of carboxylic acids is 1. The largest absolute Gasteiger partial charge is 0.497 e. The Bertz CT molecular complexity index is 1220. The summed E-state index contributed by atoms with van der Waals surface area (Å²) in [5, 5.41) is 9.68. The minimum absolute atomic E-state index is 0.218. The van der Waals surface area contributed by atoms with Crippen molar-refractivity contribution in [2.45, 2.75) is 19.4 Å². The van der Waals surface area contributed by atoms with Crippen molar-refractivity contribution in [2.75, 3.05) is 7.11 Å². The van der Waals surface area contributed by atoms with Gasteiger partial charge in [-0.25, -0.2) is 4.79 Å². The minimum Gasteiger partial charge on any atom is -0.497 e. The summed E-state index contributed by atoms with van der Waals surface area (Å²) in [5.74, 6) is 0.323. The lowest BCUT2D eigenvalue weighted by Crippen LogP contribution is -2.07. The van der Waals surface area contributed by atoms with Crippen LogP contribution in [0.15, 0.2) is 91.0 Å². The van der Waals surface area contributed by atoms with Gasteiger partial charge in [0.15, 0.2) is 0 Å². The van der Waals surface area contributed by atoms with Crippen LogP contribution in [0, 0.1) is 0 Å². The fourth-order valence-electron chi connectivity index (χ4n) is 3.64. The van der Waals surface area contributed by atoms with Gasteiger partial charge in [0.25, 0.3) is 0 Å². The molecule has 0 aliphatic rings. The van der Waals surface area contributed by atoms with E-state index >= 15 is 0 Å². The molecule has 1 heterocycles. The molecule has 0 unspecified atom stereocenters. The van der Waals surface area contributed by atoms with E-state index in [9.17, 15) is 9.90 Å². The van der Waals surface area contributed by atoms with Gasteiger partial charge in [-0.15, -0.1) is 0 Å².